The van der Waals surface area contributed by atoms with Crippen LogP contribution in [0.25, 0.3) is 0 Å². The maximum Gasteiger partial charge on any atom is 0.350 e. The van der Waals surface area contributed by atoms with Gasteiger partial charge in [-0.05, 0) is 0 Å². The number of carbonyl (C=O) groups is 1. The molecule has 12 heavy (non-hydrogen) atoms. The van der Waals surface area contributed by atoms with Crippen molar-refractivity contribution in [1.82, 2.24) is 5.48 Å². The van der Waals surface area contributed by atoms with Crippen molar-refractivity contribution in [3.8, 4) is 0 Å². The number of nitrogens with one attached hydrogen (secondary N) is 1. The van der Waals surface area contributed by atoms with E-state index in [1.54, 1.807) is 6.20 Å². The van der Waals surface area contributed by atoms with Crippen molar-refractivity contribution in [2.24, 2.45) is 4.99 Å². The summed E-state index contributed by atoms with van der Waals surface area (Å²) in [6, 6.07) is 0. The summed E-state index contributed by atoms with van der Waals surface area (Å²) in [5, 5.41) is 0. The largest absolute Gasteiger partial charge is 0.350 e. The minimum atomic E-state index is -0.312. The van der Waals surface area contributed by atoms with Gasteiger partial charge >= 0.3 is 11.7 Å². The monoisotopic (exact) mass is 170 g/mol. The fourth-order valence-corrected chi connectivity index (χ4v) is 0.949. The fraction of sp³-hybridized carbons (Fsp3) is 0.429. The molecule has 66 valence electrons. The van der Waals surface area contributed by atoms with Crippen LogP contribution in [0.3, 0.4) is 0 Å². The van der Waals surface area contributed by atoms with E-state index in [0.29, 0.717) is 10.3 Å². The molecule has 0 spiro atoms. The van der Waals surface area contributed by atoms with Gasteiger partial charge in [0.15, 0.2) is 0 Å². The molecule has 1 heterocycles. The highest BCUT2D eigenvalue weighted by atomic mass is 16.6. The average Bonchev–Trinajstić information content (AvgIpc) is 2.30. The van der Waals surface area contributed by atoms with Gasteiger partial charge in [-0.2, -0.15) is 4.99 Å². The number of carbonyl (C=O) groups excluding carboxylic acids is 1. The van der Waals surface area contributed by atoms with Crippen LogP contribution in [0.4, 0.5) is 0 Å². The maximum atomic E-state index is 11.2. The number of hydrogen-bond acceptors (Lipinski definition) is 3. The van der Waals surface area contributed by atoms with Crippen LogP contribution in [0.5, 0.6) is 0 Å². The van der Waals surface area contributed by atoms with E-state index in [2.05, 4.69) is 15.3 Å². The lowest BCUT2D eigenvalue weighted by Crippen LogP contribution is -2.47. The van der Waals surface area contributed by atoms with Gasteiger partial charge in [-0.1, -0.05) is 0 Å². The van der Waals surface area contributed by atoms with E-state index in [0.717, 1.165) is 0 Å². The van der Waals surface area contributed by atoms with Gasteiger partial charge in [-0.15, -0.1) is 0 Å². The highest BCUT2D eigenvalue weighted by molar-refractivity contribution is 6.35. The lowest BCUT2D eigenvalue weighted by Gasteiger charge is -2.19. The SMILES string of the molecule is CONC(=O)C1=NC=C[N+]1(C)C. The number of hydrogen-bond donors (Lipinski definition) is 1. The summed E-state index contributed by atoms with van der Waals surface area (Å²) in [5.41, 5.74) is 2.22. The minimum absolute atomic E-state index is 0.312. The van der Waals surface area contributed by atoms with Crippen molar-refractivity contribution in [3.05, 3.63) is 12.4 Å². The van der Waals surface area contributed by atoms with Crippen LogP contribution in [-0.2, 0) is 9.63 Å². The molecular formula is C7H12N3O2+. The standard InChI is InChI=1S/C7H11N3O2/c1-10(2)5-4-8-6(10)7(11)9-12-3/h4-5H,1-3H3/p+1. The summed E-state index contributed by atoms with van der Waals surface area (Å²) in [5.74, 6) is 0.101. The Hall–Kier alpha value is -1.20. The summed E-state index contributed by atoms with van der Waals surface area (Å²) >= 11 is 0. The molecule has 1 aliphatic heterocycles. The van der Waals surface area contributed by atoms with Crippen LogP contribution in [0.15, 0.2) is 17.4 Å². The molecule has 0 aromatic carbocycles. The lowest BCUT2D eigenvalue weighted by molar-refractivity contribution is -0.737. The average molecular weight is 170 g/mol. The van der Waals surface area contributed by atoms with Gasteiger partial charge < -0.3 is 0 Å². The molecule has 1 rings (SSSR count). The van der Waals surface area contributed by atoms with Crippen molar-refractivity contribution >= 4 is 11.7 Å². The van der Waals surface area contributed by atoms with Gasteiger partial charge in [-0.3, -0.25) is 9.63 Å². The smallest absolute Gasteiger partial charge is 0.276 e. The number of nitrogens with zero attached hydrogens (tertiary/aromatic N) is 2. The molecular weight excluding hydrogens is 158 g/mol. The predicted molar refractivity (Wildman–Crippen MR) is 43.8 cm³/mol. The molecule has 0 aromatic rings. The number of likely N-dealkylation sites (N-methyl/N-ethyl adjacent to an activating group) is 1. The van der Waals surface area contributed by atoms with E-state index >= 15 is 0 Å². The quantitative estimate of drug-likeness (QED) is 0.454. The summed E-state index contributed by atoms with van der Waals surface area (Å²) in [4.78, 5) is 19.7. The zero-order valence-corrected chi connectivity index (χ0v) is 7.37. The number of hydroxylamine groups is 1. The molecule has 0 bridgehead atoms. The third-order valence-electron chi connectivity index (χ3n) is 1.58. The lowest BCUT2D eigenvalue weighted by atomic mass is 10.4. The Kier molecular flexibility index (Phi) is 2.25. The third-order valence-corrected chi connectivity index (χ3v) is 1.58. The molecule has 0 unspecified atom stereocenters. The Morgan fingerprint density at radius 3 is 2.75 bits per heavy atom. The Morgan fingerprint density at radius 2 is 2.33 bits per heavy atom. The number of amides is 1. The van der Waals surface area contributed by atoms with Crippen LogP contribution < -0.4 is 5.48 Å². The van der Waals surface area contributed by atoms with E-state index < -0.39 is 0 Å². The van der Waals surface area contributed by atoms with E-state index in [4.69, 9.17) is 0 Å². The number of amidine groups is 1. The minimum Gasteiger partial charge on any atom is -0.276 e. The zero-order chi connectivity index (χ0) is 9.19. The summed E-state index contributed by atoms with van der Waals surface area (Å²) in [7, 11) is 5.11. The van der Waals surface area contributed by atoms with E-state index in [9.17, 15) is 4.79 Å². The van der Waals surface area contributed by atoms with Gasteiger partial charge in [-0.25, -0.2) is 9.96 Å². The predicted octanol–water partition coefficient (Wildman–Crippen LogP) is -0.376. The maximum absolute atomic E-state index is 11.2. The van der Waals surface area contributed by atoms with Crippen LogP contribution in [0.1, 0.15) is 0 Å². The van der Waals surface area contributed by atoms with E-state index in [1.807, 2.05) is 20.3 Å². The van der Waals surface area contributed by atoms with Gasteiger partial charge in [0.1, 0.15) is 6.20 Å². The second-order valence-corrected chi connectivity index (χ2v) is 2.93. The van der Waals surface area contributed by atoms with Crippen LogP contribution in [0.2, 0.25) is 0 Å². The van der Waals surface area contributed by atoms with Gasteiger partial charge in [0.25, 0.3) is 0 Å². The Bertz CT molecular complexity index is 255. The first-order chi connectivity index (χ1) is 5.58. The van der Waals surface area contributed by atoms with Crippen LogP contribution in [0, 0.1) is 0 Å². The highest BCUT2D eigenvalue weighted by Gasteiger charge is 2.32. The molecule has 5 heteroatoms. The molecule has 0 saturated heterocycles. The van der Waals surface area contributed by atoms with Crippen molar-refractivity contribution in [2.45, 2.75) is 0 Å². The normalized spacial score (nSPS) is 19.1. The third kappa shape index (κ3) is 1.51. The first-order valence-corrected chi connectivity index (χ1v) is 3.51. The molecule has 0 saturated carbocycles. The fourth-order valence-electron chi connectivity index (χ4n) is 0.949. The van der Waals surface area contributed by atoms with Gasteiger partial charge in [0.05, 0.1) is 27.4 Å². The molecule has 0 atom stereocenters. The van der Waals surface area contributed by atoms with Crippen molar-refractivity contribution in [1.29, 1.82) is 0 Å². The first-order valence-electron chi connectivity index (χ1n) is 3.51. The number of quaternary nitrogens is 1. The zero-order valence-electron chi connectivity index (χ0n) is 7.37. The van der Waals surface area contributed by atoms with Gasteiger partial charge in [0, 0.05) is 0 Å². The molecule has 0 fully saturated rings. The van der Waals surface area contributed by atoms with Gasteiger partial charge in [0.2, 0.25) is 0 Å². The molecule has 1 aliphatic rings. The Labute approximate surface area is 70.9 Å². The molecule has 0 aromatic heterocycles. The molecule has 5 nitrogen and oxygen atoms in total. The summed E-state index contributed by atoms with van der Waals surface area (Å²) < 4.78 is 0.342. The summed E-state index contributed by atoms with van der Waals surface area (Å²) in [6.45, 7) is 0. The van der Waals surface area contributed by atoms with Crippen LogP contribution in [-0.4, -0.2) is 37.4 Å². The first kappa shape index (κ1) is 8.89. The molecule has 0 aliphatic carbocycles. The van der Waals surface area contributed by atoms with Crippen LogP contribution >= 0.6 is 0 Å². The highest BCUT2D eigenvalue weighted by Crippen LogP contribution is 2.09. The Balaban J connectivity index is 2.72. The molecule has 1 N–H and O–H groups in total. The van der Waals surface area contributed by atoms with Crippen molar-refractivity contribution in [2.75, 3.05) is 21.2 Å². The Morgan fingerprint density at radius 1 is 1.67 bits per heavy atom. The molecule has 0 radical (unpaired) electrons. The topological polar surface area (TPSA) is 50.7 Å². The summed E-state index contributed by atoms with van der Waals surface area (Å²) in [6.07, 6.45) is 3.41. The number of aliphatic imine (C=N–C) groups is 1. The van der Waals surface area contributed by atoms with E-state index in [1.165, 1.54) is 7.11 Å². The van der Waals surface area contributed by atoms with E-state index in [-0.39, 0.29) is 5.91 Å². The second kappa shape index (κ2) is 3.04. The molecule has 1 amide bonds. The second-order valence-electron chi connectivity index (χ2n) is 2.93. The van der Waals surface area contributed by atoms with Crippen molar-refractivity contribution < 1.29 is 14.1 Å². The van der Waals surface area contributed by atoms with Crippen molar-refractivity contribution in [3.63, 3.8) is 0 Å². The number of rotatable bonds is 2.